The van der Waals surface area contributed by atoms with Gasteiger partial charge in [-0.05, 0) is 73.5 Å². The highest BCUT2D eigenvalue weighted by Gasteiger charge is 2.50. The highest BCUT2D eigenvalue weighted by atomic mass is 14.6. The lowest BCUT2D eigenvalue weighted by molar-refractivity contribution is 0.00638. The van der Waals surface area contributed by atoms with E-state index < -0.39 is 0 Å². The predicted octanol–water partition coefficient (Wildman–Crippen LogP) is 4.84. The molecule has 0 saturated heterocycles. The molecule has 0 spiro atoms. The van der Waals surface area contributed by atoms with Crippen LogP contribution in [-0.4, -0.2) is 0 Å². The summed E-state index contributed by atoms with van der Waals surface area (Å²) in [4.78, 5) is 0. The Hall–Kier alpha value is 0. The van der Waals surface area contributed by atoms with Crippen LogP contribution in [0.1, 0.15) is 64.7 Å². The summed E-state index contributed by atoms with van der Waals surface area (Å²) >= 11 is 0. The Balaban J connectivity index is 1.53. The third-order valence-corrected chi connectivity index (χ3v) is 6.73. The van der Waals surface area contributed by atoms with Crippen molar-refractivity contribution in [3.63, 3.8) is 0 Å². The molecule has 4 atom stereocenters. The highest BCUT2D eigenvalue weighted by Crippen LogP contribution is 2.60. The van der Waals surface area contributed by atoms with Crippen molar-refractivity contribution in [2.24, 2.45) is 35.5 Å². The summed E-state index contributed by atoms with van der Waals surface area (Å²) in [6.45, 7) is 2.61. The second kappa shape index (κ2) is 4.00. The van der Waals surface area contributed by atoms with Crippen LogP contribution in [0.25, 0.3) is 0 Å². The Morgan fingerprint density at radius 1 is 0.941 bits per heavy atom. The van der Waals surface area contributed by atoms with Crippen molar-refractivity contribution < 1.29 is 0 Å². The summed E-state index contributed by atoms with van der Waals surface area (Å²) in [7, 11) is 0. The maximum atomic E-state index is 2.61. The quantitative estimate of drug-likeness (QED) is 0.637. The maximum Gasteiger partial charge on any atom is -0.0199 e. The van der Waals surface area contributed by atoms with E-state index in [9.17, 15) is 0 Å². The molecule has 17 heavy (non-hydrogen) atoms. The standard InChI is InChI=1S/C17H27/c1-11(14-4-2-3-5-14)17-15-7-12-6-13(9-15)10-16(17)8-12/h11-15,17H,2-10H2,1H3. The van der Waals surface area contributed by atoms with Gasteiger partial charge < -0.3 is 0 Å². The Morgan fingerprint density at radius 2 is 1.59 bits per heavy atom. The Kier molecular flexibility index (Phi) is 2.56. The van der Waals surface area contributed by atoms with Gasteiger partial charge >= 0.3 is 0 Å². The molecule has 0 aromatic heterocycles. The van der Waals surface area contributed by atoms with Gasteiger partial charge in [-0.3, -0.25) is 0 Å². The van der Waals surface area contributed by atoms with Gasteiger partial charge in [0, 0.05) is 0 Å². The minimum Gasteiger partial charge on any atom is -0.0619 e. The van der Waals surface area contributed by atoms with Crippen molar-refractivity contribution >= 4 is 0 Å². The molecule has 1 radical (unpaired) electrons. The van der Waals surface area contributed by atoms with Crippen LogP contribution in [-0.2, 0) is 0 Å². The highest BCUT2D eigenvalue weighted by molar-refractivity contribution is 5.14. The minimum atomic E-state index is 1.03. The fourth-order valence-electron chi connectivity index (χ4n) is 6.25. The summed E-state index contributed by atoms with van der Waals surface area (Å²) in [6.07, 6.45) is 14.0. The molecule has 0 amide bonds. The lowest BCUT2D eigenvalue weighted by Gasteiger charge is -2.56. The molecule has 4 bridgehead atoms. The van der Waals surface area contributed by atoms with E-state index in [1.807, 2.05) is 5.92 Å². The Morgan fingerprint density at radius 3 is 2.18 bits per heavy atom. The molecule has 0 aliphatic heterocycles. The normalized spacial score (nSPS) is 47.8. The zero-order valence-corrected chi connectivity index (χ0v) is 11.3. The molecule has 5 rings (SSSR count). The van der Waals surface area contributed by atoms with Crippen LogP contribution < -0.4 is 0 Å². The molecule has 0 aromatic rings. The molecule has 4 unspecified atom stereocenters. The van der Waals surface area contributed by atoms with Crippen molar-refractivity contribution in [1.82, 2.24) is 0 Å². The van der Waals surface area contributed by atoms with Gasteiger partial charge in [0.25, 0.3) is 0 Å². The van der Waals surface area contributed by atoms with Crippen molar-refractivity contribution in [1.29, 1.82) is 0 Å². The smallest absolute Gasteiger partial charge is 0.0199 e. The van der Waals surface area contributed by atoms with E-state index in [1.54, 1.807) is 32.1 Å². The van der Waals surface area contributed by atoms with Gasteiger partial charge in [0.2, 0.25) is 0 Å². The van der Waals surface area contributed by atoms with Gasteiger partial charge in [-0.2, -0.15) is 0 Å². The molecule has 0 aromatic carbocycles. The molecule has 0 heteroatoms. The molecule has 5 saturated carbocycles. The molecule has 0 heterocycles. The second-order valence-electron chi connectivity index (χ2n) is 7.70. The van der Waals surface area contributed by atoms with Crippen LogP contribution in [0.3, 0.4) is 0 Å². The average molecular weight is 231 g/mol. The predicted molar refractivity (Wildman–Crippen MR) is 71.4 cm³/mol. The van der Waals surface area contributed by atoms with Crippen LogP contribution in [0.4, 0.5) is 0 Å². The van der Waals surface area contributed by atoms with E-state index in [0.29, 0.717) is 0 Å². The first-order chi connectivity index (χ1) is 8.31. The third-order valence-electron chi connectivity index (χ3n) is 6.73. The van der Waals surface area contributed by atoms with Crippen molar-refractivity contribution in [3.8, 4) is 0 Å². The minimum absolute atomic E-state index is 1.03. The molecule has 5 fully saturated rings. The summed E-state index contributed by atoms with van der Waals surface area (Å²) in [6, 6.07) is 0. The van der Waals surface area contributed by atoms with Gasteiger partial charge in [-0.15, -0.1) is 0 Å². The topological polar surface area (TPSA) is 0 Å². The monoisotopic (exact) mass is 231 g/mol. The molecular weight excluding hydrogens is 204 g/mol. The summed E-state index contributed by atoms with van der Waals surface area (Å²) in [5.41, 5.74) is 0. The summed E-state index contributed by atoms with van der Waals surface area (Å²) < 4.78 is 0. The SMILES string of the molecule is CC(C1CCCC1)C1[C]2CC3CC(C2)CC1C3. The molecule has 0 N–H and O–H groups in total. The van der Waals surface area contributed by atoms with Crippen LogP contribution >= 0.6 is 0 Å². The lowest BCUT2D eigenvalue weighted by Crippen LogP contribution is -2.47. The summed E-state index contributed by atoms with van der Waals surface area (Å²) in [5, 5.41) is 0. The van der Waals surface area contributed by atoms with E-state index >= 15 is 0 Å². The van der Waals surface area contributed by atoms with E-state index in [-0.39, 0.29) is 0 Å². The Labute approximate surface area is 107 Å². The van der Waals surface area contributed by atoms with Crippen LogP contribution in [0.15, 0.2) is 0 Å². The fraction of sp³-hybridized carbons (Fsp3) is 0.941. The molecule has 0 nitrogen and oxygen atoms in total. The zero-order valence-electron chi connectivity index (χ0n) is 11.3. The van der Waals surface area contributed by atoms with Crippen LogP contribution in [0.5, 0.6) is 0 Å². The van der Waals surface area contributed by atoms with Gasteiger partial charge in [0.15, 0.2) is 0 Å². The van der Waals surface area contributed by atoms with Crippen LogP contribution in [0, 0.1) is 41.4 Å². The lowest BCUT2D eigenvalue weighted by atomic mass is 9.49. The van der Waals surface area contributed by atoms with Gasteiger partial charge in [-0.1, -0.05) is 32.6 Å². The van der Waals surface area contributed by atoms with Crippen LogP contribution in [0.2, 0.25) is 0 Å². The largest absolute Gasteiger partial charge is 0.0619 e. The molecular formula is C17H27. The average Bonchev–Trinajstić information content (AvgIpc) is 2.80. The zero-order chi connectivity index (χ0) is 11.4. The Bertz CT molecular complexity index is 258. The fourth-order valence-corrected chi connectivity index (χ4v) is 6.25. The number of hydrogen-bond donors (Lipinski definition) is 0. The van der Waals surface area contributed by atoms with E-state index in [1.165, 1.54) is 25.7 Å². The van der Waals surface area contributed by atoms with E-state index in [2.05, 4.69) is 6.92 Å². The molecule has 5 aliphatic carbocycles. The van der Waals surface area contributed by atoms with Crippen molar-refractivity contribution in [3.05, 3.63) is 5.92 Å². The molecule has 95 valence electrons. The van der Waals surface area contributed by atoms with Gasteiger partial charge in [-0.25, -0.2) is 0 Å². The first-order valence-electron chi connectivity index (χ1n) is 8.16. The number of rotatable bonds is 2. The third kappa shape index (κ3) is 1.70. The molecule has 5 aliphatic rings. The second-order valence-corrected chi connectivity index (χ2v) is 7.70. The first kappa shape index (κ1) is 10.9. The van der Waals surface area contributed by atoms with E-state index in [0.717, 1.165) is 35.5 Å². The van der Waals surface area contributed by atoms with Crippen molar-refractivity contribution in [2.45, 2.75) is 64.7 Å². The maximum absolute atomic E-state index is 2.61. The summed E-state index contributed by atoms with van der Waals surface area (Å²) in [5.74, 6) is 8.57. The van der Waals surface area contributed by atoms with E-state index in [4.69, 9.17) is 0 Å². The van der Waals surface area contributed by atoms with Gasteiger partial charge in [0.05, 0.1) is 0 Å². The van der Waals surface area contributed by atoms with Gasteiger partial charge in [0.1, 0.15) is 0 Å². The van der Waals surface area contributed by atoms with Crippen molar-refractivity contribution in [2.75, 3.05) is 0 Å². The number of hydrogen-bond acceptors (Lipinski definition) is 0. The first-order valence-corrected chi connectivity index (χ1v) is 8.16.